The molecule has 17 heavy (non-hydrogen) atoms. The standard InChI is InChI=1S/C11H14ClFN2O2/c12-8-2-1-3-9(11(8)13)15-10(16)4-6-17-7-5-14/h1-3H,4-7,14H2,(H,15,16). The third kappa shape index (κ3) is 4.68. The highest BCUT2D eigenvalue weighted by atomic mass is 35.5. The molecule has 0 aliphatic rings. The normalized spacial score (nSPS) is 10.3. The minimum Gasteiger partial charge on any atom is -0.380 e. The van der Waals surface area contributed by atoms with E-state index in [4.69, 9.17) is 22.1 Å². The van der Waals surface area contributed by atoms with Gasteiger partial charge in [-0.1, -0.05) is 17.7 Å². The molecule has 6 heteroatoms. The molecule has 0 aliphatic carbocycles. The van der Waals surface area contributed by atoms with E-state index in [2.05, 4.69) is 5.32 Å². The van der Waals surface area contributed by atoms with Crippen LogP contribution >= 0.6 is 11.6 Å². The number of hydrogen-bond acceptors (Lipinski definition) is 3. The second-order valence-corrected chi connectivity index (χ2v) is 3.71. The van der Waals surface area contributed by atoms with Crippen molar-refractivity contribution in [2.75, 3.05) is 25.1 Å². The van der Waals surface area contributed by atoms with E-state index in [-0.39, 0.29) is 29.6 Å². The first-order chi connectivity index (χ1) is 8.15. The van der Waals surface area contributed by atoms with E-state index in [1.165, 1.54) is 12.1 Å². The molecule has 0 aromatic heterocycles. The van der Waals surface area contributed by atoms with E-state index in [1.54, 1.807) is 6.07 Å². The molecule has 1 aromatic carbocycles. The van der Waals surface area contributed by atoms with Gasteiger partial charge in [0.2, 0.25) is 5.91 Å². The van der Waals surface area contributed by atoms with Gasteiger partial charge in [-0.25, -0.2) is 4.39 Å². The van der Waals surface area contributed by atoms with E-state index >= 15 is 0 Å². The van der Waals surface area contributed by atoms with Crippen LogP contribution in [0.3, 0.4) is 0 Å². The van der Waals surface area contributed by atoms with Gasteiger partial charge in [-0.2, -0.15) is 0 Å². The number of ether oxygens (including phenoxy) is 1. The van der Waals surface area contributed by atoms with Crippen LogP contribution in [0.4, 0.5) is 10.1 Å². The SMILES string of the molecule is NCCOCCC(=O)Nc1cccc(Cl)c1F. The Balaban J connectivity index is 2.43. The Morgan fingerprint density at radius 3 is 2.94 bits per heavy atom. The van der Waals surface area contributed by atoms with Crippen LogP contribution in [0.2, 0.25) is 5.02 Å². The Bertz CT molecular complexity index is 388. The van der Waals surface area contributed by atoms with E-state index in [1.807, 2.05) is 0 Å². The van der Waals surface area contributed by atoms with Crippen molar-refractivity contribution in [2.45, 2.75) is 6.42 Å². The Morgan fingerprint density at radius 1 is 1.47 bits per heavy atom. The molecule has 0 radical (unpaired) electrons. The molecule has 0 fully saturated rings. The highest BCUT2D eigenvalue weighted by Gasteiger charge is 2.09. The average Bonchev–Trinajstić information content (AvgIpc) is 2.31. The van der Waals surface area contributed by atoms with Crippen molar-refractivity contribution in [2.24, 2.45) is 5.73 Å². The van der Waals surface area contributed by atoms with Gasteiger partial charge in [0.15, 0.2) is 5.82 Å². The minimum absolute atomic E-state index is 0.0258. The lowest BCUT2D eigenvalue weighted by molar-refractivity contribution is -0.117. The maximum absolute atomic E-state index is 13.4. The smallest absolute Gasteiger partial charge is 0.226 e. The number of rotatable bonds is 6. The summed E-state index contributed by atoms with van der Waals surface area (Å²) >= 11 is 5.58. The summed E-state index contributed by atoms with van der Waals surface area (Å²) < 4.78 is 18.4. The van der Waals surface area contributed by atoms with Crippen LogP contribution in [0, 0.1) is 5.82 Å². The van der Waals surface area contributed by atoms with Crippen molar-refractivity contribution in [3.05, 3.63) is 29.0 Å². The maximum atomic E-state index is 13.4. The first-order valence-corrected chi connectivity index (χ1v) is 5.54. The number of nitrogens with two attached hydrogens (primary N) is 1. The van der Waals surface area contributed by atoms with Crippen LogP contribution in [0.15, 0.2) is 18.2 Å². The van der Waals surface area contributed by atoms with Crippen LogP contribution in [-0.2, 0) is 9.53 Å². The zero-order chi connectivity index (χ0) is 12.7. The second-order valence-electron chi connectivity index (χ2n) is 3.30. The summed E-state index contributed by atoms with van der Waals surface area (Å²) in [6.07, 6.45) is 0.145. The fourth-order valence-electron chi connectivity index (χ4n) is 1.16. The first kappa shape index (κ1) is 13.9. The number of nitrogens with one attached hydrogen (secondary N) is 1. The Morgan fingerprint density at radius 2 is 2.24 bits per heavy atom. The zero-order valence-electron chi connectivity index (χ0n) is 9.21. The first-order valence-electron chi connectivity index (χ1n) is 5.17. The average molecular weight is 261 g/mol. The third-order valence-electron chi connectivity index (χ3n) is 1.96. The monoisotopic (exact) mass is 260 g/mol. The van der Waals surface area contributed by atoms with Crippen molar-refractivity contribution < 1.29 is 13.9 Å². The molecule has 0 heterocycles. The fraction of sp³-hybridized carbons (Fsp3) is 0.364. The van der Waals surface area contributed by atoms with Gasteiger partial charge in [-0.3, -0.25) is 4.79 Å². The number of benzene rings is 1. The number of halogens is 2. The molecule has 1 aromatic rings. The summed E-state index contributed by atoms with van der Waals surface area (Å²) in [7, 11) is 0. The van der Waals surface area contributed by atoms with Crippen molar-refractivity contribution in [1.82, 2.24) is 0 Å². The maximum Gasteiger partial charge on any atom is 0.226 e. The number of amides is 1. The summed E-state index contributed by atoms with van der Waals surface area (Å²) in [4.78, 5) is 11.4. The van der Waals surface area contributed by atoms with E-state index in [9.17, 15) is 9.18 Å². The topological polar surface area (TPSA) is 64.3 Å². The number of hydrogen-bond donors (Lipinski definition) is 2. The number of carbonyl (C=O) groups excluding carboxylic acids is 1. The molecule has 0 atom stereocenters. The third-order valence-corrected chi connectivity index (χ3v) is 2.25. The predicted molar refractivity (Wildman–Crippen MR) is 64.5 cm³/mol. The highest BCUT2D eigenvalue weighted by molar-refractivity contribution is 6.31. The molecule has 0 bridgehead atoms. The molecule has 0 spiro atoms. The zero-order valence-corrected chi connectivity index (χ0v) is 9.97. The molecule has 0 saturated carbocycles. The fourth-order valence-corrected chi connectivity index (χ4v) is 1.34. The Kier molecular flexibility index (Phi) is 5.90. The van der Waals surface area contributed by atoms with Gasteiger partial charge in [-0.15, -0.1) is 0 Å². The molecule has 1 rings (SSSR count). The number of carbonyl (C=O) groups is 1. The minimum atomic E-state index is -0.634. The molecule has 0 aliphatic heterocycles. The van der Waals surface area contributed by atoms with E-state index < -0.39 is 5.82 Å². The molecule has 1 amide bonds. The van der Waals surface area contributed by atoms with Crippen molar-refractivity contribution in [3.8, 4) is 0 Å². The summed E-state index contributed by atoms with van der Waals surface area (Å²) in [5.74, 6) is -0.964. The predicted octanol–water partition coefficient (Wildman–Crippen LogP) is 1.78. The van der Waals surface area contributed by atoms with Crippen molar-refractivity contribution in [3.63, 3.8) is 0 Å². The van der Waals surface area contributed by atoms with Crippen molar-refractivity contribution in [1.29, 1.82) is 0 Å². The molecule has 4 nitrogen and oxygen atoms in total. The Hall–Kier alpha value is -1.17. The molecule has 3 N–H and O–H groups in total. The van der Waals surface area contributed by atoms with Crippen LogP contribution in [0.1, 0.15) is 6.42 Å². The van der Waals surface area contributed by atoms with E-state index in [0.29, 0.717) is 13.2 Å². The summed E-state index contributed by atoms with van der Waals surface area (Å²) in [5, 5.41) is 2.39. The van der Waals surface area contributed by atoms with Gasteiger partial charge in [0.05, 0.1) is 30.3 Å². The van der Waals surface area contributed by atoms with Crippen LogP contribution in [0.5, 0.6) is 0 Å². The molecular weight excluding hydrogens is 247 g/mol. The number of anilines is 1. The lowest BCUT2D eigenvalue weighted by Gasteiger charge is -2.07. The lowest BCUT2D eigenvalue weighted by Crippen LogP contribution is -2.16. The quantitative estimate of drug-likeness (QED) is 0.767. The molecular formula is C11H14ClFN2O2. The van der Waals surface area contributed by atoms with E-state index in [0.717, 1.165) is 0 Å². The molecule has 94 valence electrons. The van der Waals surface area contributed by atoms with Gasteiger partial charge in [0.1, 0.15) is 0 Å². The van der Waals surface area contributed by atoms with Crippen LogP contribution in [-0.4, -0.2) is 25.7 Å². The van der Waals surface area contributed by atoms with Crippen LogP contribution in [0.25, 0.3) is 0 Å². The van der Waals surface area contributed by atoms with Gasteiger partial charge in [0.25, 0.3) is 0 Å². The van der Waals surface area contributed by atoms with Crippen LogP contribution < -0.4 is 11.1 Å². The molecule has 0 unspecified atom stereocenters. The Labute approximate surface area is 104 Å². The lowest BCUT2D eigenvalue weighted by atomic mass is 10.3. The van der Waals surface area contributed by atoms with Gasteiger partial charge >= 0.3 is 0 Å². The highest BCUT2D eigenvalue weighted by Crippen LogP contribution is 2.21. The van der Waals surface area contributed by atoms with Gasteiger partial charge < -0.3 is 15.8 Å². The largest absolute Gasteiger partial charge is 0.380 e. The summed E-state index contributed by atoms with van der Waals surface area (Å²) in [6, 6.07) is 4.42. The summed E-state index contributed by atoms with van der Waals surface area (Å²) in [6.45, 7) is 1.06. The van der Waals surface area contributed by atoms with Gasteiger partial charge in [0, 0.05) is 6.54 Å². The molecule has 0 saturated heterocycles. The van der Waals surface area contributed by atoms with Gasteiger partial charge in [-0.05, 0) is 12.1 Å². The summed E-state index contributed by atoms with van der Waals surface area (Å²) in [5.41, 5.74) is 5.29. The van der Waals surface area contributed by atoms with Crippen molar-refractivity contribution >= 4 is 23.2 Å². The second kappa shape index (κ2) is 7.21.